The molecule has 0 radical (unpaired) electrons. The second kappa shape index (κ2) is 9.73. The van der Waals surface area contributed by atoms with Crippen LogP contribution in [0.5, 0.6) is 0 Å². The van der Waals surface area contributed by atoms with E-state index in [9.17, 15) is 4.79 Å². The summed E-state index contributed by atoms with van der Waals surface area (Å²) in [6.45, 7) is 3.97. The summed E-state index contributed by atoms with van der Waals surface area (Å²) in [4.78, 5) is 15.3. The predicted molar refractivity (Wildman–Crippen MR) is 123 cm³/mol. The van der Waals surface area contributed by atoms with Crippen LogP contribution in [0.15, 0.2) is 84.9 Å². The molecule has 0 bridgehead atoms. The molecule has 1 aliphatic rings. The third-order valence-corrected chi connectivity index (χ3v) is 6.13. The quantitative estimate of drug-likeness (QED) is 0.578. The Labute approximate surface area is 179 Å². The second-order valence-electron chi connectivity index (χ2n) is 8.07. The molecule has 1 amide bonds. The second-order valence-corrected chi connectivity index (χ2v) is 8.07. The molecule has 3 aromatic rings. The Balaban J connectivity index is 1.42. The summed E-state index contributed by atoms with van der Waals surface area (Å²) >= 11 is 0. The van der Waals surface area contributed by atoms with E-state index in [1.165, 1.54) is 16.7 Å². The fourth-order valence-electron chi connectivity index (χ4n) is 4.37. The van der Waals surface area contributed by atoms with Crippen LogP contribution in [0.4, 0.5) is 5.69 Å². The van der Waals surface area contributed by atoms with Crippen molar-refractivity contribution >= 4 is 11.6 Å². The highest BCUT2D eigenvalue weighted by Gasteiger charge is 2.30. The molecular weight excluding hydrogens is 368 g/mol. The van der Waals surface area contributed by atoms with E-state index in [0.29, 0.717) is 0 Å². The van der Waals surface area contributed by atoms with E-state index >= 15 is 0 Å². The van der Waals surface area contributed by atoms with E-state index in [1.807, 2.05) is 12.1 Å². The van der Waals surface area contributed by atoms with Crippen LogP contribution in [0, 0.1) is 5.92 Å². The maximum atomic E-state index is 12.8. The van der Waals surface area contributed by atoms with Gasteiger partial charge in [-0.05, 0) is 61.2 Å². The number of piperidine rings is 1. The van der Waals surface area contributed by atoms with E-state index in [2.05, 4.69) is 89.9 Å². The third kappa shape index (κ3) is 4.80. The first-order valence-corrected chi connectivity index (χ1v) is 11.0. The van der Waals surface area contributed by atoms with Crippen molar-refractivity contribution in [3.8, 4) is 0 Å². The number of carbonyl (C=O) groups is 1. The zero-order valence-electron chi connectivity index (χ0n) is 17.6. The van der Waals surface area contributed by atoms with Gasteiger partial charge in [-0.15, -0.1) is 0 Å². The molecule has 30 heavy (non-hydrogen) atoms. The van der Waals surface area contributed by atoms with Crippen LogP contribution in [0.3, 0.4) is 0 Å². The number of nitrogens with zero attached hydrogens (tertiary/aromatic N) is 1. The van der Waals surface area contributed by atoms with E-state index in [4.69, 9.17) is 0 Å². The van der Waals surface area contributed by atoms with Gasteiger partial charge in [-0.25, -0.2) is 0 Å². The fourth-order valence-corrected chi connectivity index (χ4v) is 4.37. The van der Waals surface area contributed by atoms with Gasteiger partial charge in [0.25, 0.3) is 0 Å². The molecule has 1 N–H and O–H groups in total. The minimum absolute atomic E-state index is 0.0688. The molecule has 1 fully saturated rings. The Morgan fingerprint density at radius 1 is 0.867 bits per heavy atom. The maximum Gasteiger partial charge on any atom is 0.227 e. The molecule has 3 heteroatoms. The number of anilines is 1. The summed E-state index contributed by atoms with van der Waals surface area (Å²) in [7, 11) is 0. The van der Waals surface area contributed by atoms with Crippen LogP contribution >= 0.6 is 0 Å². The molecule has 1 aliphatic heterocycles. The summed E-state index contributed by atoms with van der Waals surface area (Å²) in [6, 6.07) is 29.8. The number of nitrogens with one attached hydrogen (secondary N) is 1. The number of aryl methyl sites for hydroxylation is 1. The smallest absolute Gasteiger partial charge is 0.227 e. The molecule has 1 saturated heterocycles. The topological polar surface area (TPSA) is 32.3 Å². The molecule has 3 nitrogen and oxygen atoms in total. The lowest BCUT2D eigenvalue weighted by molar-refractivity contribution is -0.121. The molecule has 0 aliphatic carbocycles. The van der Waals surface area contributed by atoms with Gasteiger partial charge in [0.05, 0.1) is 6.04 Å². The molecule has 0 atom stereocenters. The van der Waals surface area contributed by atoms with Gasteiger partial charge in [-0.1, -0.05) is 79.7 Å². The summed E-state index contributed by atoms with van der Waals surface area (Å²) in [5, 5.41) is 3.11. The zero-order valence-corrected chi connectivity index (χ0v) is 17.6. The lowest BCUT2D eigenvalue weighted by Gasteiger charge is -2.37. The highest BCUT2D eigenvalue weighted by molar-refractivity contribution is 5.92. The number of benzene rings is 3. The average molecular weight is 399 g/mol. The monoisotopic (exact) mass is 398 g/mol. The average Bonchev–Trinajstić information content (AvgIpc) is 2.81. The molecule has 1 heterocycles. The van der Waals surface area contributed by atoms with Gasteiger partial charge in [0.2, 0.25) is 5.91 Å². The maximum absolute atomic E-state index is 12.8. The van der Waals surface area contributed by atoms with Crippen molar-refractivity contribution in [2.75, 3.05) is 18.4 Å². The van der Waals surface area contributed by atoms with E-state index in [0.717, 1.165) is 38.0 Å². The first-order valence-electron chi connectivity index (χ1n) is 11.0. The van der Waals surface area contributed by atoms with Crippen LogP contribution < -0.4 is 5.32 Å². The zero-order chi connectivity index (χ0) is 20.8. The normalized spacial score (nSPS) is 15.3. The molecule has 0 unspecified atom stereocenters. The van der Waals surface area contributed by atoms with Gasteiger partial charge >= 0.3 is 0 Å². The lowest BCUT2D eigenvalue weighted by Crippen LogP contribution is -2.40. The van der Waals surface area contributed by atoms with Gasteiger partial charge in [-0.3, -0.25) is 9.69 Å². The molecular formula is C27H30N2O. The van der Waals surface area contributed by atoms with Crippen molar-refractivity contribution < 1.29 is 4.79 Å². The van der Waals surface area contributed by atoms with Crippen molar-refractivity contribution in [1.29, 1.82) is 0 Å². The van der Waals surface area contributed by atoms with Gasteiger partial charge in [0, 0.05) is 11.6 Å². The van der Waals surface area contributed by atoms with Gasteiger partial charge < -0.3 is 5.32 Å². The number of likely N-dealkylation sites (tertiary alicyclic amines) is 1. The summed E-state index contributed by atoms with van der Waals surface area (Å²) in [5.74, 6) is 0.217. The highest BCUT2D eigenvalue weighted by atomic mass is 16.1. The first-order chi connectivity index (χ1) is 14.7. The summed E-state index contributed by atoms with van der Waals surface area (Å²) in [5.41, 5.74) is 4.80. The van der Waals surface area contributed by atoms with Crippen molar-refractivity contribution in [1.82, 2.24) is 4.90 Å². The Morgan fingerprint density at radius 2 is 1.40 bits per heavy atom. The molecule has 0 spiro atoms. The Bertz CT molecular complexity index is 890. The van der Waals surface area contributed by atoms with Crippen LogP contribution in [-0.4, -0.2) is 23.9 Å². The summed E-state index contributed by atoms with van der Waals surface area (Å²) in [6.07, 6.45) is 2.78. The highest BCUT2D eigenvalue weighted by Crippen LogP contribution is 2.32. The van der Waals surface area contributed by atoms with Crippen molar-refractivity contribution in [2.45, 2.75) is 32.2 Å². The third-order valence-electron chi connectivity index (χ3n) is 6.13. The number of carbonyl (C=O) groups excluding carboxylic acids is 1. The number of amides is 1. The van der Waals surface area contributed by atoms with Crippen LogP contribution in [0.2, 0.25) is 0 Å². The van der Waals surface area contributed by atoms with Gasteiger partial charge in [0.15, 0.2) is 0 Å². The molecule has 4 rings (SSSR count). The fraction of sp³-hybridized carbons (Fsp3) is 0.296. The Hall–Kier alpha value is -2.91. The Morgan fingerprint density at radius 3 is 1.90 bits per heavy atom. The van der Waals surface area contributed by atoms with Crippen molar-refractivity contribution in [3.05, 3.63) is 102 Å². The van der Waals surface area contributed by atoms with Crippen LogP contribution in [-0.2, 0) is 11.2 Å². The lowest BCUT2D eigenvalue weighted by atomic mass is 9.91. The van der Waals surface area contributed by atoms with E-state index in [1.54, 1.807) is 0 Å². The van der Waals surface area contributed by atoms with Crippen LogP contribution in [0.25, 0.3) is 0 Å². The molecule has 0 aromatic heterocycles. The molecule has 154 valence electrons. The number of hydrogen-bond acceptors (Lipinski definition) is 2. The van der Waals surface area contributed by atoms with Gasteiger partial charge in [-0.2, -0.15) is 0 Å². The van der Waals surface area contributed by atoms with E-state index < -0.39 is 0 Å². The standard InChI is InChI=1S/C27H30N2O/c1-2-21-13-15-25(16-14-21)28-27(30)24-17-19-29(20-18-24)26(22-9-5-3-6-10-22)23-11-7-4-8-12-23/h3-16,24,26H,2,17-20H2,1H3,(H,28,30). The number of hydrogen-bond donors (Lipinski definition) is 1. The van der Waals surface area contributed by atoms with E-state index in [-0.39, 0.29) is 17.9 Å². The van der Waals surface area contributed by atoms with Gasteiger partial charge in [0.1, 0.15) is 0 Å². The number of rotatable bonds is 6. The molecule has 0 saturated carbocycles. The minimum atomic E-state index is 0.0688. The minimum Gasteiger partial charge on any atom is -0.326 e. The Kier molecular flexibility index (Phi) is 6.60. The summed E-state index contributed by atoms with van der Waals surface area (Å²) < 4.78 is 0. The van der Waals surface area contributed by atoms with Crippen LogP contribution in [0.1, 0.15) is 42.5 Å². The largest absolute Gasteiger partial charge is 0.326 e. The SMILES string of the molecule is CCc1ccc(NC(=O)C2CCN(C(c3ccccc3)c3ccccc3)CC2)cc1. The predicted octanol–water partition coefficient (Wildman–Crippen LogP) is 5.69. The molecule has 3 aromatic carbocycles. The first kappa shape index (κ1) is 20.4. The van der Waals surface area contributed by atoms with Crippen molar-refractivity contribution in [3.63, 3.8) is 0 Å². The van der Waals surface area contributed by atoms with Crippen molar-refractivity contribution in [2.24, 2.45) is 5.92 Å².